The van der Waals surface area contributed by atoms with Gasteiger partial charge in [0.15, 0.2) is 17.5 Å². The van der Waals surface area contributed by atoms with E-state index in [2.05, 4.69) is 322 Å². The Bertz CT molecular complexity index is 9550. The van der Waals surface area contributed by atoms with Crippen molar-refractivity contribution < 1.29 is 4.42 Å². The molecule has 0 radical (unpaired) electrons. The van der Waals surface area contributed by atoms with E-state index in [1.165, 1.54) is 147 Å². The first-order valence-corrected chi connectivity index (χ1v) is 46.8. The molecule has 0 fully saturated rings. The summed E-state index contributed by atoms with van der Waals surface area (Å²) >= 11 is 5.58. The van der Waals surface area contributed by atoms with E-state index in [1.807, 2.05) is 131 Å². The van der Waals surface area contributed by atoms with E-state index in [-0.39, 0.29) is 0 Å². The van der Waals surface area contributed by atoms with Crippen molar-refractivity contribution in [2.24, 2.45) is 0 Å². The first-order chi connectivity index (χ1) is 65.4. The van der Waals surface area contributed by atoms with Crippen molar-refractivity contribution in [2.75, 3.05) is 0 Å². The van der Waals surface area contributed by atoms with E-state index in [0.717, 1.165) is 116 Å². The lowest BCUT2D eigenvalue weighted by atomic mass is 9.92. The Morgan fingerprint density at radius 2 is 0.523 bits per heavy atom. The molecule has 0 aliphatic rings. The third-order valence-corrected chi connectivity index (χ3v) is 29.8. The molecule has 0 spiro atoms. The van der Waals surface area contributed by atoms with Gasteiger partial charge in [-0.25, -0.2) is 34.9 Å². The molecule has 612 valence electrons. The number of para-hydroxylation sites is 5. The number of thiophene rings is 3. The highest BCUT2D eigenvalue weighted by Gasteiger charge is 2.24. The third-order valence-electron chi connectivity index (χ3n) is 26.3. The summed E-state index contributed by atoms with van der Waals surface area (Å²) in [5.74, 6) is 2.00. The van der Waals surface area contributed by atoms with Crippen molar-refractivity contribution >= 4 is 235 Å². The molecule has 29 rings (SSSR count). The number of hydrogen-bond acceptors (Lipinski definition) is 11. The third kappa shape index (κ3) is 12.4. The van der Waals surface area contributed by atoms with Crippen LogP contribution in [0.4, 0.5) is 0 Å². The lowest BCUT2D eigenvalue weighted by Crippen LogP contribution is -2.00. The molecule has 0 atom stereocenters. The molecule has 0 unspecified atom stereocenters. The van der Waals surface area contributed by atoms with E-state index in [4.69, 9.17) is 39.3 Å². The van der Waals surface area contributed by atoms with Crippen molar-refractivity contribution in [1.82, 2.24) is 34.9 Å². The second kappa shape index (κ2) is 30.5. The number of nitrogens with zero attached hydrogens (tertiary/aromatic N) is 7. The lowest BCUT2D eigenvalue weighted by molar-refractivity contribution is 0.673. The molecule has 11 heteroatoms. The molecular formula is C121H69N7OS3. The summed E-state index contributed by atoms with van der Waals surface area (Å²) in [7, 11) is 0. The maximum Gasteiger partial charge on any atom is 0.164 e. The van der Waals surface area contributed by atoms with Gasteiger partial charge in [-0.2, -0.15) is 0 Å². The molecule has 0 saturated carbocycles. The quantitative estimate of drug-likeness (QED) is 0.145. The van der Waals surface area contributed by atoms with Crippen LogP contribution < -0.4 is 0 Å². The average molecular weight is 1730 g/mol. The number of fused-ring (bicyclic) bond motifs is 33. The van der Waals surface area contributed by atoms with E-state index >= 15 is 0 Å². The minimum atomic E-state index is 0.663. The van der Waals surface area contributed by atoms with Crippen LogP contribution in [0, 0.1) is 0 Å². The Balaban J connectivity index is 0.000000102. The van der Waals surface area contributed by atoms with E-state index < -0.39 is 0 Å². The number of aromatic nitrogens is 7. The van der Waals surface area contributed by atoms with Crippen molar-refractivity contribution in [3.63, 3.8) is 0 Å². The van der Waals surface area contributed by atoms with Crippen LogP contribution in [0.3, 0.4) is 0 Å². The Kier molecular flexibility index (Phi) is 17.5. The van der Waals surface area contributed by atoms with Crippen LogP contribution in [0.25, 0.3) is 281 Å². The summed E-state index contributed by atoms with van der Waals surface area (Å²) in [6, 6.07) is 148. The highest BCUT2D eigenvalue weighted by Crippen LogP contribution is 2.50. The molecule has 132 heavy (non-hydrogen) atoms. The number of rotatable bonds is 7. The van der Waals surface area contributed by atoms with Crippen molar-refractivity contribution in [2.45, 2.75) is 0 Å². The molecule has 29 aromatic rings. The average Bonchev–Trinajstić information content (AvgIpc) is 1.48. The fourth-order valence-electron chi connectivity index (χ4n) is 20.2. The Labute approximate surface area is 766 Å². The molecule has 0 N–H and O–H groups in total. The highest BCUT2D eigenvalue weighted by atomic mass is 32.1. The Morgan fingerprint density at radius 1 is 0.167 bits per heavy atom. The zero-order valence-corrected chi connectivity index (χ0v) is 73.1. The molecule has 7 heterocycles. The largest absolute Gasteiger partial charge is 0.455 e. The first kappa shape index (κ1) is 75.5. The fraction of sp³-hybridized carbons (Fsp3) is 0. The predicted octanol–water partition coefficient (Wildman–Crippen LogP) is 34.2. The zero-order valence-electron chi connectivity index (χ0n) is 70.6. The molecule has 0 saturated heterocycles. The standard InChI is InChI=1S/C45H25N3S2.C38H22N2O.C38H22N2S/c1-2-8-27(9-3-1)43-46-44(48-45(47-43)31-19-21-40-36(24-31)33-10-4-6-12-38(33)49-40)30-18-20-32-28(22-30)16-14-26-15-17-29-23-37-34-11-5-7-13-39(34)50-41(37)25-35(29)42(26)32;2*1-2-10-23(11-3-1)36-37(40-32-16-8-7-15-31(32)39-36)25-19-20-26-24(22-25)18-21-30-34(26)27-12-4-5-13-28(27)35-29-14-6-9-17-33(29)41-38(30)35/h1-25H;2*1-22H. The lowest BCUT2D eigenvalue weighted by Gasteiger charge is -2.13. The van der Waals surface area contributed by atoms with Gasteiger partial charge in [-0.05, 0) is 184 Å². The van der Waals surface area contributed by atoms with E-state index in [0.29, 0.717) is 17.5 Å². The summed E-state index contributed by atoms with van der Waals surface area (Å²) in [6.07, 6.45) is 0. The Hall–Kier alpha value is -16.7. The van der Waals surface area contributed by atoms with Crippen LogP contribution in [0.1, 0.15) is 0 Å². The van der Waals surface area contributed by atoms with Crippen molar-refractivity contribution in [3.8, 4) is 79.2 Å². The maximum absolute atomic E-state index is 6.50. The minimum Gasteiger partial charge on any atom is -0.455 e. The summed E-state index contributed by atoms with van der Waals surface area (Å²) in [4.78, 5) is 35.6. The van der Waals surface area contributed by atoms with Crippen LogP contribution in [-0.2, 0) is 0 Å². The van der Waals surface area contributed by atoms with Crippen molar-refractivity contribution in [1.29, 1.82) is 0 Å². The van der Waals surface area contributed by atoms with Gasteiger partial charge in [0.2, 0.25) is 0 Å². The van der Waals surface area contributed by atoms with Gasteiger partial charge in [0.05, 0.1) is 44.8 Å². The number of furan rings is 1. The summed E-state index contributed by atoms with van der Waals surface area (Å²) < 4.78 is 14.4. The summed E-state index contributed by atoms with van der Waals surface area (Å²) in [6.45, 7) is 0. The molecule has 22 aromatic carbocycles. The summed E-state index contributed by atoms with van der Waals surface area (Å²) in [5, 5.41) is 32.5. The zero-order chi connectivity index (χ0) is 86.6. The predicted molar refractivity (Wildman–Crippen MR) is 560 cm³/mol. The molecule has 7 aromatic heterocycles. The minimum absolute atomic E-state index is 0.663. The van der Waals surface area contributed by atoms with Gasteiger partial charge in [0, 0.05) is 126 Å². The maximum atomic E-state index is 6.50. The van der Waals surface area contributed by atoms with Gasteiger partial charge in [0.1, 0.15) is 11.2 Å². The summed E-state index contributed by atoms with van der Waals surface area (Å²) in [5.41, 5.74) is 16.2. The van der Waals surface area contributed by atoms with Gasteiger partial charge in [-0.3, -0.25) is 0 Å². The van der Waals surface area contributed by atoms with Gasteiger partial charge in [0.25, 0.3) is 0 Å². The van der Waals surface area contributed by atoms with Gasteiger partial charge >= 0.3 is 0 Å². The molecule has 8 nitrogen and oxygen atoms in total. The molecular weight excluding hydrogens is 1660 g/mol. The van der Waals surface area contributed by atoms with Gasteiger partial charge in [-0.1, -0.05) is 315 Å². The second-order valence-electron chi connectivity index (χ2n) is 33.9. The number of hydrogen-bond donors (Lipinski definition) is 0. The van der Waals surface area contributed by atoms with Crippen LogP contribution in [0.15, 0.2) is 423 Å². The second-order valence-corrected chi connectivity index (χ2v) is 37.1. The van der Waals surface area contributed by atoms with Crippen LogP contribution in [0.5, 0.6) is 0 Å². The monoisotopic (exact) mass is 1730 g/mol. The molecule has 0 bridgehead atoms. The molecule has 0 amide bonds. The molecule has 0 aliphatic carbocycles. The van der Waals surface area contributed by atoms with E-state index in [1.54, 1.807) is 0 Å². The van der Waals surface area contributed by atoms with Gasteiger partial charge in [-0.15, -0.1) is 34.0 Å². The topological polar surface area (TPSA) is 103 Å². The SMILES string of the molecule is c1ccc(-c2nc(-c3ccc4c(ccc5ccc6cc7c(cc6c54)sc4ccccc47)c3)nc(-c3ccc4sc5ccccc5c4c3)n2)cc1.c1ccc(-c2nc3ccccc3nc2-c2ccc3c(ccc4c5oc6ccccc6c5c5ccccc5c34)c2)cc1.c1ccc(-c2nc3ccccc3nc2-c2ccc3c(ccc4c5sc6ccccc6c5c5ccccc5c34)c2)cc1. The first-order valence-electron chi connectivity index (χ1n) is 44.4. The van der Waals surface area contributed by atoms with Crippen LogP contribution in [0.2, 0.25) is 0 Å². The highest BCUT2D eigenvalue weighted by molar-refractivity contribution is 7.27. The fourth-order valence-corrected chi connectivity index (χ4v) is 23.7. The van der Waals surface area contributed by atoms with Crippen LogP contribution >= 0.6 is 34.0 Å². The Morgan fingerprint density at radius 3 is 1.08 bits per heavy atom. The van der Waals surface area contributed by atoms with Gasteiger partial charge < -0.3 is 4.42 Å². The van der Waals surface area contributed by atoms with E-state index in [9.17, 15) is 0 Å². The normalized spacial score (nSPS) is 11.9. The smallest absolute Gasteiger partial charge is 0.164 e. The van der Waals surface area contributed by atoms with Crippen LogP contribution in [-0.4, -0.2) is 34.9 Å². The van der Waals surface area contributed by atoms with Crippen molar-refractivity contribution in [3.05, 3.63) is 419 Å². The number of benzene rings is 22. The molecule has 0 aliphatic heterocycles.